The normalized spacial score (nSPS) is 17.8. The van der Waals surface area contributed by atoms with Crippen LogP contribution in [0.2, 0.25) is 0 Å². The zero-order valence-electron chi connectivity index (χ0n) is 13.8. The number of nitrogens with zero attached hydrogens (tertiary/aromatic N) is 2. The molecule has 0 bridgehead atoms. The lowest BCUT2D eigenvalue weighted by Gasteiger charge is -2.37. The Kier molecular flexibility index (Phi) is 4.32. The van der Waals surface area contributed by atoms with Gasteiger partial charge in [-0.15, -0.1) is 0 Å². The summed E-state index contributed by atoms with van der Waals surface area (Å²) in [5, 5.41) is 0. The number of fused-ring (bicyclic) bond motifs is 1. The molecule has 26 heavy (non-hydrogen) atoms. The molecule has 0 saturated heterocycles. The second kappa shape index (κ2) is 6.10. The van der Waals surface area contributed by atoms with Crippen molar-refractivity contribution in [1.82, 2.24) is 4.98 Å². The molecule has 2 aromatic rings. The van der Waals surface area contributed by atoms with Crippen molar-refractivity contribution in [2.24, 2.45) is 4.99 Å². The predicted molar refractivity (Wildman–Crippen MR) is 84.0 cm³/mol. The second-order valence-corrected chi connectivity index (χ2v) is 6.49. The van der Waals surface area contributed by atoms with Gasteiger partial charge < -0.3 is 0 Å². The van der Waals surface area contributed by atoms with Crippen molar-refractivity contribution < 1.29 is 26.3 Å². The van der Waals surface area contributed by atoms with E-state index in [4.69, 9.17) is 0 Å². The first-order valence-electron chi connectivity index (χ1n) is 7.70. The Morgan fingerprint density at radius 3 is 2.42 bits per heavy atom. The molecule has 0 radical (unpaired) electrons. The molecule has 1 aromatic carbocycles. The van der Waals surface area contributed by atoms with Gasteiger partial charge >= 0.3 is 0 Å². The maximum Gasteiger partial charge on any atom is 0.298 e. The van der Waals surface area contributed by atoms with E-state index in [0.717, 1.165) is 30.5 Å². The van der Waals surface area contributed by atoms with E-state index in [1.54, 1.807) is 0 Å². The maximum atomic E-state index is 14.7. The van der Waals surface area contributed by atoms with Crippen LogP contribution in [0.25, 0.3) is 0 Å². The quantitative estimate of drug-likeness (QED) is 0.667. The number of hydrogen-bond acceptors (Lipinski definition) is 2. The first-order valence-corrected chi connectivity index (χ1v) is 7.70. The molecule has 8 heteroatoms. The molecule has 138 valence electrons. The molecule has 1 aromatic heterocycles. The average Bonchev–Trinajstić information content (AvgIpc) is 2.58. The molecular formula is C18H14F6N2. The lowest BCUT2D eigenvalue weighted by atomic mass is 9.81. The highest BCUT2D eigenvalue weighted by Gasteiger charge is 2.53. The van der Waals surface area contributed by atoms with Crippen molar-refractivity contribution in [2.75, 3.05) is 0 Å². The summed E-state index contributed by atoms with van der Waals surface area (Å²) >= 11 is 0. The number of pyridine rings is 1. The van der Waals surface area contributed by atoms with Gasteiger partial charge in [0, 0.05) is 28.5 Å². The standard InChI is InChI=1S/C18H14F6N2/c1-17(2)18(23,24)13-6-11(20)3-4-12(13)14(26-17)10-5-9(7-19)15(16(21)22)25-8-10/h3-6,8,16H,7H2,1-2H3. The zero-order chi connectivity index (χ0) is 19.3. The van der Waals surface area contributed by atoms with Crippen LogP contribution in [0.4, 0.5) is 26.3 Å². The Bertz CT molecular complexity index is 889. The number of rotatable bonds is 3. The van der Waals surface area contributed by atoms with Crippen molar-refractivity contribution >= 4 is 5.71 Å². The molecule has 0 unspecified atom stereocenters. The Hall–Kier alpha value is -2.38. The van der Waals surface area contributed by atoms with Gasteiger partial charge in [-0.2, -0.15) is 8.78 Å². The van der Waals surface area contributed by atoms with Gasteiger partial charge in [0.25, 0.3) is 12.3 Å². The fourth-order valence-corrected chi connectivity index (χ4v) is 2.90. The molecule has 0 atom stereocenters. The Morgan fingerprint density at radius 1 is 1.12 bits per heavy atom. The molecule has 0 saturated carbocycles. The molecule has 0 aliphatic carbocycles. The lowest BCUT2D eigenvalue weighted by molar-refractivity contribution is -0.0684. The van der Waals surface area contributed by atoms with Crippen molar-refractivity contribution in [1.29, 1.82) is 0 Å². The largest absolute Gasteiger partial charge is 0.298 e. The van der Waals surface area contributed by atoms with Crippen molar-refractivity contribution in [3.05, 3.63) is 64.2 Å². The van der Waals surface area contributed by atoms with Crippen LogP contribution in [-0.2, 0) is 12.6 Å². The third kappa shape index (κ3) is 2.77. The summed E-state index contributed by atoms with van der Waals surface area (Å²) in [4.78, 5) is 7.62. The third-order valence-electron chi connectivity index (χ3n) is 4.36. The highest BCUT2D eigenvalue weighted by molar-refractivity contribution is 6.14. The van der Waals surface area contributed by atoms with Crippen LogP contribution in [-0.4, -0.2) is 16.2 Å². The fraction of sp³-hybridized carbons (Fsp3) is 0.333. The van der Waals surface area contributed by atoms with Gasteiger partial charge in [0.1, 0.15) is 23.7 Å². The minimum atomic E-state index is -3.45. The highest BCUT2D eigenvalue weighted by Crippen LogP contribution is 2.47. The molecule has 0 fully saturated rings. The van der Waals surface area contributed by atoms with Gasteiger partial charge in [-0.05, 0) is 38.1 Å². The van der Waals surface area contributed by atoms with E-state index in [-0.39, 0.29) is 22.4 Å². The molecule has 1 aliphatic rings. The van der Waals surface area contributed by atoms with Crippen LogP contribution in [0.1, 0.15) is 48.2 Å². The summed E-state index contributed by atoms with van der Waals surface area (Å²) in [5.74, 6) is -4.29. The van der Waals surface area contributed by atoms with Crippen LogP contribution in [0.15, 0.2) is 35.5 Å². The number of halogens is 6. The molecule has 2 heterocycles. The van der Waals surface area contributed by atoms with Crippen LogP contribution >= 0.6 is 0 Å². The summed E-state index contributed by atoms with van der Waals surface area (Å²) in [7, 11) is 0. The maximum absolute atomic E-state index is 14.7. The highest BCUT2D eigenvalue weighted by atomic mass is 19.3. The second-order valence-electron chi connectivity index (χ2n) is 6.49. The van der Waals surface area contributed by atoms with E-state index in [2.05, 4.69) is 9.98 Å². The van der Waals surface area contributed by atoms with E-state index >= 15 is 0 Å². The third-order valence-corrected chi connectivity index (χ3v) is 4.36. The number of aliphatic imine (C=N–C) groups is 1. The molecule has 2 nitrogen and oxygen atoms in total. The van der Waals surface area contributed by atoms with E-state index < -0.39 is 41.6 Å². The monoisotopic (exact) mass is 372 g/mol. The van der Waals surface area contributed by atoms with Gasteiger partial charge in [0.15, 0.2) is 0 Å². The first kappa shape index (κ1) is 18.4. The predicted octanol–water partition coefficient (Wildman–Crippen LogP) is 5.35. The smallest absolute Gasteiger partial charge is 0.271 e. The van der Waals surface area contributed by atoms with Crippen LogP contribution in [0.3, 0.4) is 0 Å². The van der Waals surface area contributed by atoms with E-state index in [9.17, 15) is 26.3 Å². The molecule has 0 amide bonds. The van der Waals surface area contributed by atoms with Crippen LogP contribution in [0.5, 0.6) is 0 Å². The van der Waals surface area contributed by atoms with E-state index in [1.165, 1.54) is 13.8 Å². The SMILES string of the molecule is CC1(C)N=C(c2cnc(C(F)F)c(CF)c2)c2ccc(F)cc2C1(F)F. The molecular weight excluding hydrogens is 358 g/mol. The summed E-state index contributed by atoms with van der Waals surface area (Å²) < 4.78 is 81.9. The Morgan fingerprint density at radius 2 is 1.81 bits per heavy atom. The van der Waals surface area contributed by atoms with Gasteiger partial charge in [-0.1, -0.05) is 0 Å². The zero-order valence-corrected chi connectivity index (χ0v) is 13.8. The van der Waals surface area contributed by atoms with Crippen molar-refractivity contribution in [3.63, 3.8) is 0 Å². The number of alkyl halides is 5. The number of benzene rings is 1. The average molecular weight is 372 g/mol. The summed E-state index contributed by atoms with van der Waals surface area (Å²) in [6.45, 7) is 1.17. The topological polar surface area (TPSA) is 25.2 Å². The van der Waals surface area contributed by atoms with Crippen LogP contribution < -0.4 is 0 Å². The fourth-order valence-electron chi connectivity index (χ4n) is 2.90. The summed E-state index contributed by atoms with van der Waals surface area (Å²) in [6.07, 6.45) is -1.93. The van der Waals surface area contributed by atoms with Gasteiger partial charge in [-0.25, -0.2) is 17.6 Å². The summed E-state index contributed by atoms with van der Waals surface area (Å²) in [5.41, 5.74) is -3.45. The van der Waals surface area contributed by atoms with E-state index in [0.29, 0.717) is 0 Å². The lowest BCUT2D eigenvalue weighted by Crippen LogP contribution is -2.44. The Balaban J connectivity index is 2.24. The van der Waals surface area contributed by atoms with Crippen LogP contribution in [0, 0.1) is 5.82 Å². The Labute approximate surface area is 145 Å². The van der Waals surface area contributed by atoms with Crippen molar-refractivity contribution in [2.45, 2.75) is 38.4 Å². The summed E-state index contributed by atoms with van der Waals surface area (Å²) in [6, 6.07) is 3.98. The first-order chi connectivity index (χ1) is 12.1. The number of aromatic nitrogens is 1. The molecule has 1 aliphatic heterocycles. The molecule has 0 spiro atoms. The minimum absolute atomic E-state index is 0.0268. The van der Waals surface area contributed by atoms with Gasteiger partial charge in [-0.3, -0.25) is 9.98 Å². The van der Waals surface area contributed by atoms with E-state index in [1.807, 2.05) is 0 Å². The minimum Gasteiger partial charge on any atom is -0.271 e. The molecule has 3 rings (SSSR count). The van der Waals surface area contributed by atoms with Gasteiger partial charge in [0.05, 0.1) is 5.71 Å². The molecule has 0 N–H and O–H groups in total. The van der Waals surface area contributed by atoms with Crippen molar-refractivity contribution in [3.8, 4) is 0 Å². The number of hydrogen-bond donors (Lipinski definition) is 0. The van der Waals surface area contributed by atoms with Gasteiger partial charge in [0.2, 0.25) is 0 Å².